The molecule has 0 spiro atoms. The van der Waals surface area contributed by atoms with Crippen molar-refractivity contribution >= 4 is 11.9 Å². The highest BCUT2D eigenvalue weighted by atomic mass is 16.5. The molecule has 182 valence electrons. The smallest absolute Gasteiger partial charge is 0.252 e. The first kappa shape index (κ1) is 24.6. The molecule has 0 aliphatic carbocycles. The molecule has 1 atom stereocenters. The molecule has 10 heteroatoms. The van der Waals surface area contributed by atoms with E-state index >= 15 is 0 Å². The number of hydrogen-bond donors (Lipinski definition) is 1. The molecule has 0 saturated carbocycles. The van der Waals surface area contributed by atoms with Gasteiger partial charge in [0, 0.05) is 18.4 Å². The van der Waals surface area contributed by atoms with Gasteiger partial charge in [-0.1, -0.05) is 37.3 Å². The maximum atomic E-state index is 12.1. The lowest BCUT2D eigenvalue weighted by molar-refractivity contribution is -0.119. The lowest BCUT2D eigenvalue weighted by atomic mass is 10.0. The van der Waals surface area contributed by atoms with Crippen molar-refractivity contribution < 1.29 is 9.53 Å². The van der Waals surface area contributed by atoms with Crippen LogP contribution in [-0.2, 0) is 16.1 Å². The van der Waals surface area contributed by atoms with Crippen molar-refractivity contribution in [3.8, 4) is 28.7 Å². The number of methoxy groups -OCH3 is 1. The van der Waals surface area contributed by atoms with Crippen molar-refractivity contribution in [2.45, 2.75) is 32.7 Å². The zero-order valence-electron chi connectivity index (χ0n) is 20.3. The summed E-state index contributed by atoms with van der Waals surface area (Å²) in [7, 11) is 1.43. The number of nitriles is 1. The van der Waals surface area contributed by atoms with E-state index in [-0.39, 0.29) is 18.5 Å². The van der Waals surface area contributed by atoms with Crippen molar-refractivity contribution in [3.05, 3.63) is 71.7 Å². The Bertz CT molecular complexity index is 1410. The van der Waals surface area contributed by atoms with Crippen molar-refractivity contribution in [2.75, 3.05) is 19.0 Å². The third-order valence-corrected chi connectivity index (χ3v) is 5.61. The van der Waals surface area contributed by atoms with E-state index in [4.69, 9.17) is 9.72 Å². The van der Waals surface area contributed by atoms with Gasteiger partial charge in [0.1, 0.15) is 12.3 Å². The molecule has 1 aromatic carbocycles. The van der Waals surface area contributed by atoms with Crippen LogP contribution in [0.3, 0.4) is 0 Å². The van der Waals surface area contributed by atoms with Crippen LogP contribution < -0.4 is 5.32 Å². The Morgan fingerprint density at radius 1 is 1.11 bits per heavy atom. The van der Waals surface area contributed by atoms with Gasteiger partial charge in [-0.2, -0.15) is 5.26 Å². The molecule has 36 heavy (non-hydrogen) atoms. The minimum absolute atomic E-state index is 0.101. The molecule has 3 heterocycles. The van der Waals surface area contributed by atoms with E-state index in [9.17, 15) is 10.1 Å². The van der Waals surface area contributed by atoms with Gasteiger partial charge in [-0.05, 0) is 42.7 Å². The molecular formula is C26H26N8O2. The van der Waals surface area contributed by atoms with E-state index in [1.165, 1.54) is 7.11 Å². The average molecular weight is 483 g/mol. The molecule has 1 N–H and O–H groups in total. The third kappa shape index (κ3) is 5.95. The summed E-state index contributed by atoms with van der Waals surface area (Å²) in [4.78, 5) is 25.8. The SMILES string of the molecule is CCC(C)c1cccc(Cn2cc(-c3cc(-c4cccc(C#N)c4)nc(NC(=O)COC)n3)nn2)n1. The summed E-state index contributed by atoms with van der Waals surface area (Å²) in [5.41, 5.74) is 4.65. The fourth-order valence-corrected chi connectivity index (χ4v) is 3.55. The molecule has 3 aromatic heterocycles. The number of nitrogens with zero attached hydrogens (tertiary/aromatic N) is 7. The van der Waals surface area contributed by atoms with Crippen molar-refractivity contribution in [2.24, 2.45) is 0 Å². The quantitative estimate of drug-likeness (QED) is 0.381. The number of anilines is 1. The van der Waals surface area contributed by atoms with Gasteiger partial charge in [0.15, 0.2) is 0 Å². The van der Waals surface area contributed by atoms with Crippen LogP contribution >= 0.6 is 0 Å². The summed E-state index contributed by atoms with van der Waals surface area (Å²) >= 11 is 0. The molecule has 0 radical (unpaired) electrons. The number of amides is 1. The van der Waals surface area contributed by atoms with Crippen molar-refractivity contribution in [3.63, 3.8) is 0 Å². The minimum Gasteiger partial charge on any atom is -0.375 e. The zero-order valence-corrected chi connectivity index (χ0v) is 20.3. The topological polar surface area (TPSA) is 132 Å². The van der Waals surface area contributed by atoms with Crippen molar-refractivity contribution in [1.29, 1.82) is 5.26 Å². The number of aromatic nitrogens is 6. The standard InChI is InChI=1S/C26H26N8O2/c1-4-17(2)21-10-6-9-20(28-21)14-34-15-24(32-33-34)23-12-22(19-8-5-7-18(11-19)13-27)29-26(30-23)31-25(35)16-36-3/h5-12,15,17H,4,14,16H2,1-3H3,(H,29,30,31,35). The normalized spacial score (nSPS) is 11.6. The molecule has 1 unspecified atom stereocenters. The molecule has 0 aliphatic heterocycles. The highest BCUT2D eigenvalue weighted by Crippen LogP contribution is 2.25. The molecule has 10 nitrogen and oxygen atoms in total. The summed E-state index contributed by atoms with van der Waals surface area (Å²) in [6.07, 6.45) is 2.79. The lowest BCUT2D eigenvalue weighted by Gasteiger charge is -2.09. The number of ether oxygens (including phenoxy) is 1. The molecule has 4 rings (SSSR count). The summed E-state index contributed by atoms with van der Waals surface area (Å²) in [6, 6.07) is 16.9. The van der Waals surface area contributed by atoms with Crippen LogP contribution in [0.4, 0.5) is 5.95 Å². The molecule has 0 saturated heterocycles. The fraction of sp³-hybridized carbons (Fsp3) is 0.269. The Balaban J connectivity index is 1.66. The van der Waals surface area contributed by atoms with Gasteiger partial charge < -0.3 is 4.74 Å². The molecule has 4 aromatic rings. The second-order valence-corrected chi connectivity index (χ2v) is 8.30. The monoisotopic (exact) mass is 482 g/mol. The van der Waals surface area contributed by atoms with Gasteiger partial charge in [0.25, 0.3) is 5.91 Å². The first-order chi connectivity index (χ1) is 17.5. The van der Waals surface area contributed by atoms with E-state index in [0.29, 0.717) is 40.7 Å². The summed E-state index contributed by atoms with van der Waals surface area (Å²) in [5, 5.41) is 20.5. The van der Waals surface area contributed by atoms with Gasteiger partial charge in [0.05, 0.1) is 41.5 Å². The zero-order chi connectivity index (χ0) is 25.5. The molecule has 0 bridgehead atoms. The number of nitrogens with one attached hydrogen (secondary N) is 1. The van der Waals surface area contributed by atoms with Crippen LogP contribution in [0.5, 0.6) is 0 Å². The second-order valence-electron chi connectivity index (χ2n) is 8.30. The van der Waals surface area contributed by atoms with Crippen LogP contribution in [0.1, 0.15) is 43.1 Å². The lowest BCUT2D eigenvalue weighted by Crippen LogP contribution is -2.19. The summed E-state index contributed by atoms with van der Waals surface area (Å²) < 4.78 is 6.58. The fourth-order valence-electron chi connectivity index (χ4n) is 3.55. The van der Waals surface area contributed by atoms with Crippen LogP contribution in [0.25, 0.3) is 22.6 Å². The minimum atomic E-state index is -0.387. The highest BCUT2D eigenvalue weighted by molar-refractivity contribution is 5.90. The Morgan fingerprint density at radius 3 is 2.69 bits per heavy atom. The Hall–Kier alpha value is -4.49. The maximum absolute atomic E-state index is 12.1. The number of carbonyl (C=O) groups excluding carboxylic acids is 1. The van der Waals surface area contributed by atoms with E-state index in [0.717, 1.165) is 17.8 Å². The van der Waals surface area contributed by atoms with Crippen LogP contribution in [0.2, 0.25) is 0 Å². The van der Waals surface area contributed by atoms with E-state index in [2.05, 4.69) is 45.5 Å². The molecule has 1 amide bonds. The third-order valence-electron chi connectivity index (χ3n) is 5.61. The van der Waals surface area contributed by atoms with Crippen LogP contribution in [0.15, 0.2) is 54.7 Å². The number of pyridine rings is 1. The summed E-state index contributed by atoms with van der Waals surface area (Å²) in [6.45, 7) is 4.62. The van der Waals surface area contributed by atoms with Gasteiger partial charge >= 0.3 is 0 Å². The highest BCUT2D eigenvalue weighted by Gasteiger charge is 2.14. The largest absolute Gasteiger partial charge is 0.375 e. The van der Waals surface area contributed by atoms with Crippen LogP contribution in [-0.4, -0.2) is 49.6 Å². The second kappa shape index (κ2) is 11.3. The number of carbonyl (C=O) groups is 1. The Labute approximate surface area is 209 Å². The van der Waals surface area contributed by atoms with Gasteiger partial charge in [0.2, 0.25) is 5.95 Å². The molecular weight excluding hydrogens is 456 g/mol. The Kier molecular flexibility index (Phi) is 7.72. The predicted molar refractivity (Wildman–Crippen MR) is 134 cm³/mol. The summed E-state index contributed by atoms with van der Waals surface area (Å²) in [5.74, 6) is 0.0913. The molecule has 0 aliphatic rings. The van der Waals surface area contributed by atoms with Crippen molar-refractivity contribution in [1.82, 2.24) is 29.9 Å². The average Bonchev–Trinajstić information content (AvgIpc) is 3.37. The van der Waals surface area contributed by atoms with Gasteiger partial charge in [-0.25, -0.2) is 14.6 Å². The first-order valence-electron chi connectivity index (χ1n) is 11.5. The van der Waals surface area contributed by atoms with E-state index in [1.807, 2.05) is 24.3 Å². The number of hydrogen-bond acceptors (Lipinski definition) is 8. The predicted octanol–water partition coefficient (Wildman–Crippen LogP) is 3.82. The number of benzene rings is 1. The van der Waals surface area contributed by atoms with E-state index < -0.39 is 0 Å². The van der Waals surface area contributed by atoms with Crippen LogP contribution in [0, 0.1) is 11.3 Å². The number of rotatable bonds is 9. The Morgan fingerprint density at radius 2 is 1.92 bits per heavy atom. The molecule has 0 fully saturated rings. The van der Waals surface area contributed by atoms with Gasteiger partial charge in [-0.3, -0.25) is 15.1 Å². The van der Waals surface area contributed by atoms with Gasteiger partial charge in [-0.15, -0.1) is 5.10 Å². The van der Waals surface area contributed by atoms with E-state index in [1.54, 1.807) is 35.1 Å². The first-order valence-corrected chi connectivity index (χ1v) is 11.5. The maximum Gasteiger partial charge on any atom is 0.252 e.